The highest BCUT2D eigenvalue weighted by atomic mass is 35.5. The Morgan fingerprint density at radius 1 is 1.47 bits per heavy atom. The Morgan fingerprint density at radius 3 is 2.60 bits per heavy atom. The van der Waals surface area contributed by atoms with Gasteiger partial charge in [-0.25, -0.2) is 4.79 Å². The Bertz CT molecular complexity index is 240. The van der Waals surface area contributed by atoms with Crippen LogP contribution < -0.4 is 10.6 Å². The third-order valence-electron chi connectivity index (χ3n) is 2.66. The van der Waals surface area contributed by atoms with Gasteiger partial charge in [0.05, 0.1) is 0 Å². The van der Waals surface area contributed by atoms with Crippen molar-refractivity contribution in [1.82, 2.24) is 10.6 Å². The summed E-state index contributed by atoms with van der Waals surface area (Å²) in [5.41, 5.74) is 0. The minimum atomic E-state index is -0.678. The fourth-order valence-corrected chi connectivity index (χ4v) is 1.48. The molecule has 0 aromatic carbocycles. The highest BCUT2D eigenvalue weighted by Gasteiger charge is 2.17. The lowest BCUT2D eigenvalue weighted by Gasteiger charge is -2.25. The molecular formula is C10H17ClN2O2. The van der Waals surface area contributed by atoms with Crippen LogP contribution in [0.5, 0.6) is 0 Å². The molecule has 0 heterocycles. The predicted octanol–water partition coefficient (Wildman–Crippen LogP) is 1.63. The summed E-state index contributed by atoms with van der Waals surface area (Å²) in [6.45, 7) is 2.15. The van der Waals surface area contributed by atoms with Gasteiger partial charge in [0.25, 0.3) is 0 Å². The van der Waals surface area contributed by atoms with Crippen LogP contribution in [0.25, 0.3) is 0 Å². The first-order valence-corrected chi connectivity index (χ1v) is 5.76. The van der Waals surface area contributed by atoms with E-state index in [1.807, 2.05) is 0 Å². The van der Waals surface area contributed by atoms with Gasteiger partial charge >= 0.3 is 6.03 Å². The fourth-order valence-electron chi connectivity index (χ4n) is 1.43. The molecule has 5 heteroatoms. The van der Waals surface area contributed by atoms with Crippen molar-refractivity contribution >= 4 is 23.5 Å². The summed E-state index contributed by atoms with van der Waals surface area (Å²) in [7, 11) is 0. The zero-order valence-electron chi connectivity index (χ0n) is 8.88. The van der Waals surface area contributed by atoms with Crippen molar-refractivity contribution in [3.63, 3.8) is 0 Å². The average molecular weight is 233 g/mol. The second-order valence-corrected chi connectivity index (χ2v) is 4.60. The first kappa shape index (κ1) is 12.3. The van der Waals surface area contributed by atoms with E-state index in [4.69, 9.17) is 11.6 Å². The summed E-state index contributed by atoms with van der Waals surface area (Å²) in [6, 6.07) is -0.452. The number of alkyl halides is 1. The Balaban J connectivity index is 2.04. The van der Waals surface area contributed by atoms with Crippen molar-refractivity contribution < 1.29 is 9.59 Å². The van der Waals surface area contributed by atoms with Crippen LogP contribution in [0.3, 0.4) is 0 Å². The van der Waals surface area contributed by atoms with E-state index >= 15 is 0 Å². The molecule has 1 aliphatic rings. The number of nitrogens with one attached hydrogen (secondary N) is 2. The van der Waals surface area contributed by atoms with E-state index in [0.29, 0.717) is 6.54 Å². The monoisotopic (exact) mass is 232 g/mol. The summed E-state index contributed by atoms with van der Waals surface area (Å²) in [4.78, 5) is 22.2. The van der Waals surface area contributed by atoms with E-state index in [1.165, 1.54) is 26.2 Å². The van der Waals surface area contributed by atoms with Gasteiger partial charge in [0.15, 0.2) is 0 Å². The third-order valence-corrected chi connectivity index (χ3v) is 2.86. The van der Waals surface area contributed by atoms with Crippen LogP contribution in [0.1, 0.15) is 32.6 Å². The first-order chi connectivity index (χ1) is 7.09. The van der Waals surface area contributed by atoms with E-state index in [-0.39, 0.29) is 0 Å². The number of halogens is 1. The molecule has 0 saturated heterocycles. The minimum Gasteiger partial charge on any atom is -0.338 e. The van der Waals surface area contributed by atoms with E-state index in [2.05, 4.69) is 10.6 Å². The standard InChI is InChI=1S/C10H17ClN2O2/c1-7(11)9(14)13-10(15)12-6-5-8-3-2-4-8/h7-8H,2-6H2,1H3,(H2,12,13,14,15). The Hall–Kier alpha value is -0.770. The molecule has 1 rings (SSSR count). The molecule has 0 aromatic rings. The molecule has 1 fully saturated rings. The minimum absolute atomic E-state index is 0.452. The molecule has 86 valence electrons. The number of amides is 3. The lowest BCUT2D eigenvalue weighted by molar-refractivity contribution is -0.119. The summed E-state index contributed by atoms with van der Waals surface area (Å²) < 4.78 is 0. The molecule has 0 aliphatic heterocycles. The fraction of sp³-hybridized carbons (Fsp3) is 0.800. The van der Waals surface area contributed by atoms with Crippen molar-refractivity contribution in [3.8, 4) is 0 Å². The molecule has 15 heavy (non-hydrogen) atoms. The Labute approximate surface area is 94.7 Å². The van der Waals surface area contributed by atoms with Crippen LogP contribution in [-0.2, 0) is 4.79 Å². The van der Waals surface area contributed by atoms with Gasteiger partial charge < -0.3 is 5.32 Å². The van der Waals surface area contributed by atoms with Gasteiger partial charge in [-0.1, -0.05) is 19.3 Å². The molecule has 2 N–H and O–H groups in total. The average Bonchev–Trinajstić information content (AvgIpc) is 2.09. The summed E-state index contributed by atoms with van der Waals surface area (Å²) >= 11 is 5.50. The van der Waals surface area contributed by atoms with Gasteiger partial charge in [0.2, 0.25) is 5.91 Å². The molecule has 0 radical (unpaired) electrons. The van der Waals surface area contributed by atoms with Gasteiger partial charge in [-0.05, 0) is 19.3 Å². The Kier molecular flexibility index (Phi) is 4.88. The number of urea groups is 1. The zero-order valence-corrected chi connectivity index (χ0v) is 9.64. The quantitative estimate of drug-likeness (QED) is 0.724. The number of carbonyl (C=O) groups is 2. The smallest absolute Gasteiger partial charge is 0.321 e. The van der Waals surface area contributed by atoms with Crippen molar-refractivity contribution in [1.29, 1.82) is 0 Å². The van der Waals surface area contributed by atoms with Crippen LogP contribution in [0.4, 0.5) is 4.79 Å². The first-order valence-electron chi connectivity index (χ1n) is 5.32. The molecule has 4 nitrogen and oxygen atoms in total. The van der Waals surface area contributed by atoms with E-state index in [9.17, 15) is 9.59 Å². The van der Waals surface area contributed by atoms with Crippen LogP contribution in [0, 0.1) is 5.92 Å². The predicted molar refractivity (Wildman–Crippen MR) is 58.8 cm³/mol. The molecule has 1 unspecified atom stereocenters. The lowest BCUT2D eigenvalue weighted by atomic mass is 9.83. The SMILES string of the molecule is CC(Cl)C(=O)NC(=O)NCCC1CCC1. The van der Waals surface area contributed by atoms with Crippen molar-refractivity contribution in [2.24, 2.45) is 5.92 Å². The maximum Gasteiger partial charge on any atom is 0.321 e. The maximum absolute atomic E-state index is 11.1. The maximum atomic E-state index is 11.1. The van der Waals surface area contributed by atoms with Crippen molar-refractivity contribution in [2.75, 3.05) is 6.54 Å². The number of hydrogen-bond acceptors (Lipinski definition) is 2. The summed E-state index contributed by atoms with van der Waals surface area (Å²) in [5.74, 6) is 0.297. The molecule has 3 amide bonds. The number of carbonyl (C=O) groups excluding carboxylic acids is 2. The number of rotatable bonds is 4. The molecule has 0 aromatic heterocycles. The molecule has 1 aliphatic carbocycles. The topological polar surface area (TPSA) is 58.2 Å². The van der Waals surface area contributed by atoms with Gasteiger partial charge in [0, 0.05) is 6.54 Å². The van der Waals surface area contributed by atoms with Crippen molar-refractivity contribution in [2.45, 2.75) is 38.0 Å². The van der Waals surface area contributed by atoms with Gasteiger partial charge in [-0.15, -0.1) is 11.6 Å². The molecule has 0 bridgehead atoms. The molecule has 1 atom stereocenters. The highest BCUT2D eigenvalue weighted by Crippen LogP contribution is 2.28. The van der Waals surface area contributed by atoms with Crippen LogP contribution in [0.2, 0.25) is 0 Å². The van der Waals surface area contributed by atoms with Crippen LogP contribution >= 0.6 is 11.6 Å². The highest BCUT2D eigenvalue weighted by molar-refractivity contribution is 6.31. The third kappa shape index (κ3) is 4.51. The summed E-state index contributed by atoms with van der Waals surface area (Å²) in [5, 5.41) is 4.13. The lowest BCUT2D eigenvalue weighted by Crippen LogP contribution is -2.42. The Morgan fingerprint density at radius 2 is 2.13 bits per heavy atom. The number of hydrogen-bond donors (Lipinski definition) is 2. The molecular weight excluding hydrogens is 216 g/mol. The van der Waals surface area contributed by atoms with Crippen molar-refractivity contribution in [3.05, 3.63) is 0 Å². The van der Waals surface area contributed by atoms with E-state index in [1.54, 1.807) is 0 Å². The van der Waals surface area contributed by atoms with Gasteiger partial charge in [-0.3, -0.25) is 10.1 Å². The largest absolute Gasteiger partial charge is 0.338 e. The van der Waals surface area contributed by atoms with E-state index < -0.39 is 17.3 Å². The summed E-state index contributed by atoms with van der Waals surface area (Å²) in [6.07, 6.45) is 4.83. The number of imide groups is 1. The molecule has 0 spiro atoms. The second-order valence-electron chi connectivity index (χ2n) is 3.95. The van der Waals surface area contributed by atoms with Crippen LogP contribution in [0.15, 0.2) is 0 Å². The van der Waals surface area contributed by atoms with Gasteiger partial charge in [-0.2, -0.15) is 0 Å². The van der Waals surface area contributed by atoms with Gasteiger partial charge in [0.1, 0.15) is 5.38 Å². The zero-order chi connectivity index (χ0) is 11.3. The molecule has 1 saturated carbocycles. The second kappa shape index (κ2) is 5.95. The van der Waals surface area contributed by atoms with E-state index in [0.717, 1.165) is 12.3 Å². The normalized spacial score (nSPS) is 17.7. The van der Waals surface area contributed by atoms with Crippen LogP contribution in [-0.4, -0.2) is 23.9 Å².